The molecule has 5 rings (SSSR count). The van der Waals surface area contributed by atoms with E-state index >= 15 is 4.39 Å². The number of aryl methyl sites for hydroxylation is 2. The summed E-state index contributed by atoms with van der Waals surface area (Å²) in [6.45, 7) is 6.52. The van der Waals surface area contributed by atoms with Crippen LogP contribution in [0.3, 0.4) is 0 Å². The van der Waals surface area contributed by atoms with Gasteiger partial charge in [-0.3, -0.25) is 14.3 Å². The van der Waals surface area contributed by atoms with Gasteiger partial charge < -0.3 is 5.11 Å². The molecule has 0 radical (unpaired) electrons. The van der Waals surface area contributed by atoms with E-state index in [-0.39, 0.29) is 28.4 Å². The monoisotopic (exact) mass is 511 g/mol. The van der Waals surface area contributed by atoms with Crippen LogP contribution in [0.25, 0.3) is 11.5 Å². The van der Waals surface area contributed by atoms with Crippen LogP contribution in [0.4, 0.5) is 8.78 Å². The van der Waals surface area contributed by atoms with E-state index in [2.05, 4.69) is 15.1 Å². The Morgan fingerprint density at radius 3 is 2.56 bits per heavy atom. The van der Waals surface area contributed by atoms with Crippen LogP contribution in [-0.2, 0) is 5.60 Å². The van der Waals surface area contributed by atoms with Gasteiger partial charge in [0, 0.05) is 24.3 Å². The fraction of sp³-hybridized carbons (Fsp3) is 0.308. The third kappa shape index (κ3) is 4.12. The number of hydrogen-bond acceptors (Lipinski definition) is 5. The van der Waals surface area contributed by atoms with Gasteiger partial charge in [-0.2, -0.15) is 5.10 Å². The number of nitrogens with zero attached hydrogens (tertiary/aromatic N) is 5. The van der Waals surface area contributed by atoms with Crippen molar-refractivity contribution >= 4 is 11.6 Å². The molecule has 1 saturated carbocycles. The first-order valence-electron chi connectivity index (χ1n) is 11.4. The molecule has 1 N–H and O–H groups in total. The fourth-order valence-electron chi connectivity index (χ4n) is 4.58. The molecule has 0 saturated heterocycles. The van der Waals surface area contributed by atoms with E-state index in [9.17, 15) is 14.3 Å². The maximum absolute atomic E-state index is 15.9. The molecule has 36 heavy (non-hydrogen) atoms. The van der Waals surface area contributed by atoms with Crippen molar-refractivity contribution in [2.45, 2.75) is 51.6 Å². The predicted molar refractivity (Wildman–Crippen MR) is 131 cm³/mol. The molecule has 1 fully saturated rings. The van der Waals surface area contributed by atoms with E-state index in [0.717, 1.165) is 11.8 Å². The number of hydrogen-bond donors (Lipinski definition) is 1. The first kappa shape index (κ1) is 24.3. The Bertz CT molecular complexity index is 1560. The van der Waals surface area contributed by atoms with Crippen molar-refractivity contribution in [2.24, 2.45) is 0 Å². The van der Waals surface area contributed by atoms with E-state index in [1.807, 2.05) is 0 Å². The lowest BCUT2D eigenvalue weighted by Crippen LogP contribution is -2.25. The van der Waals surface area contributed by atoms with Crippen LogP contribution in [-0.4, -0.2) is 29.4 Å². The van der Waals surface area contributed by atoms with E-state index in [0.29, 0.717) is 28.9 Å². The first-order chi connectivity index (χ1) is 17.0. The van der Waals surface area contributed by atoms with Gasteiger partial charge in [0.1, 0.15) is 16.4 Å². The summed E-state index contributed by atoms with van der Waals surface area (Å²) >= 11 is 6.55. The largest absolute Gasteiger partial charge is 0.384 e. The minimum Gasteiger partial charge on any atom is -0.384 e. The molecule has 10 heteroatoms. The molecule has 0 aromatic carbocycles. The molecule has 0 bridgehead atoms. The quantitative estimate of drug-likeness (QED) is 0.413. The van der Waals surface area contributed by atoms with E-state index in [4.69, 9.17) is 11.6 Å². The Morgan fingerprint density at radius 2 is 1.89 bits per heavy atom. The third-order valence-electron chi connectivity index (χ3n) is 6.52. The lowest BCUT2D eigenvalue weighted by atomic mass is 10.1. The van der Waals surface area contributed by atoms with Crippen molar-refractivity contribution in [3.05, 3.63) is 98.1 Å². The molecule has 186 valence electrons. The lowest BCUT2D eigenvalue weighted by molar-refractivity contribution is 0.0734. The molecule has 7 nitrogen and oxygen atoms in total. The average molecular weight is 512 g/mol. The van der Waals surface area contributed by atoms with Gasteiger partial charge in [0.2, 0.25) is 0 Å². The van der Waals surface area contributed by atoms with Crippen molar-refractivity contribution < 1.29 is 13.9 Å². The van der Waals surface area contributed by atoms with Crippen LogP contribution in [0, 0.1) is 25.5 Å². The summed E-state index contributed by atoms with van der Waals surface area (Å²) in [7, 11) is 0. The van der Waals surface area contributed by atoms with Gasteiger partial charge in [-0.05, 0) is 80.8 Å². The van der Waals surface area contributed by atoms with Crippen molar-refractivity contribution in [1.29, 1.82) is 0 Å². The summed E-state index contributed by atoms with van der Waals surface area (Å²) in [6, 6.07) is 4.79. The molecule has 2 atom stereocenters. The number of halogens is 3. The zero-order valence-corrected chi connectivity index (χ0v) is 20.9. The number of aliphatic hydroxyl groups is 1. The standard InChI is InChI=1S/C26H24ClF2N5O2/c1-13-10-31-24(33-6-5-20(32-33)26(3,4)36)22(29)23(13)34-14(2)7-19(21(27)25(34)35)18-9-17(18)15-8-16(28)12-30-11-15/h5-8,10-12,17-18,36H,9H2,1-4H3/t17-,18+/m1/s1. The zero-order chi connectivity index (χ0) is 25.9. The van der Waals surface area contributed by atoms with Crippen molar-refractivity contribution in [3.8, 4) is 11.5 Å². The van der Waals surface area contributed by atoms with Gasteiger partial charge in [-0.1, -0.05) is 11.6 Å². The summed E-state index contributed by atoms with van der Waals surface area (Å²) in [5, 5.41) is 14.5. The lowest BCUT2D eigenvalue weighted by Gasteiger charge is -2.18. The van der Waals surface area contributed by atoms with Crippen molar-refractivity contribution in [1.82, 2.24) is 24.3 Å². The van der Waals surface area contributed by atoms with Crippen molar-refractivity contribution in [2.75, 3.05) is 0 Å². The summed E-state index contributed by atoms with van der Waals surface area (Å²) < 4.78 is 32.0. The third-order valence-corrected chi connectivity index (χ3v) is 6.90. The van der Waals surface area contributed by atoms with Gasteiger partial charge in [0.25, 0.3) is 5.56 Å². The van der Waals surface area contributed by atoms with Crippen LogP contribution in [0.15, 0.2) is 47.8 Å². The fourth-order valence-corrected chi connectivity index (χ4v) is 4.86. The SMILES string of the molecule is Cc1cnc(-n2ccc(C(C)(C)O)n2)c(F)c1-n1c(C)cc([C@H]2C[C@@H]2c2cncc(F)c2)c(Cl)c1=O. The molecule has 4 heterocycles. The average Bonchev–Trinajstić information content (AvgIpc) is 3.44. The minimum absolute atomic E-state index is 0.00182. The van der Waals surface area contributed by atoms with Crippen molar-refractivity contribution in [3.63, 3.8) is 0 Å². The zero-order valence-electron chi connectivity index (χ0n) is 20.1. The van der Waals surface area contributed by atoms with Crippen LogP contribution >= 0.6 is 11.6 Å². The van der Waals surface area contributed by atoms with Crippen LogP contribution in [0.5, 0.6) is 0 Å². The van der Waals surface area contributed by atoms with E-state index in [1.54, 1.807) is 46.0 Å². The van der Waals surface area contributed by atoms with Gasteiger partial charge in [0.15, 0.2) is 11.6 Å². The topological polar surface area (TPSA) is 85.8 Å². The highest BCUT2D eigenvalue weighted by atomic mass is 35.5. The molecule has 4 aromatic heterocycles. The van der Waals surface area contributed by atoms with Gasteiger partial charge in [0.05, 0.1) is 17.6 Å². The van der Waals surface area contributed by atoms with E-state index < -0.39 is 22.8 Å². The predicted octanol–water partition coefficient (Wildman–Crippen LogP) is 4.86. The minimum atomic E-state index is -1.21. The Labute approximate surface area is 211 Å². The molecular weight excluding hydrogens is 488 g/mol. The molecule has 4 aromatic rings. The van der Waals surface area contributed by atoms with Crippen LogP contribution in [0.2, 0.25) is 5.02 Å². The van der Waals surface area contributed by atoms with E-state index in [1.165, 1.54) is 27.7 Å². The molecule has 0 unspecified atom stereocenters. The van der Waals surface area contributed by atoms with Crippen LogP contribution < -0.4 is 5.56 Å². The molecule has 0 spiro atoms. The second kappa shape index (κ2) is 8.60. The first-order valence-corrected chi connectivity index (χ1v) is 11.8. The molecular formula is C26H24ClF2N5O2. The number of pyridine rings is 3. The Morgan fingerprint density at radius 1 is 1.14 bits per heavy atom. The van der Waals surface area contributed by atoms with Gasteiger partial charge in [-0.25, -0.2) is 18.4 Å². The molecule has 1 aliphatic carbocycles. The summed E-state index contributed by atoms with van der Waals surface area (Å²) in [5.41, 5.74) is 0.953. The Hall–Kier alpha value is -3.43. The molecule has 0 aliphatic heterocycles. The maximum Gasteiger partial charge on any atom is 0.274 e. The second-order valence-electron chi connectivity index (χ2n) is 9.71. The highest BCUT2D eigenvalue weighted by molar-refractivity contribution is 6.31. The maximum atomic E-state index is 15.9. The summed E-state index contributed by atoms with van der Waals surface area (Å²) in [5.74, 6) is -1.31. The summed E-state index contributed by atoms with van der Waals surface area (Å²) in [4.78, 5) is 21.5. The summed E-state index contributed by atoms with van der Waals surface area (Å²) in [6.07, 6.45) is 6.43. The van der Waals surface area contributed by atoms with Gasteiger partial charge in [-0.15, -0.1) is 0 Å². The Balaban J connectivity index is 1.57. The highest BCUT2D eigenvalue weighted by Gasteiger charge is 2.42. The Kier molecular flexibility index (Phi) is 5.80. The smallest absolute Gasteiger partial charge is 0.274 e. The van der Waals surface area contributed by atoms with Gasteiger partial charge >= 0.3 is 0 Å². The molecule has 0 amide bonds. The normalized spacial score (nSPS) is 17.4. The number of aromatic nitrogens is 5. The van der Waals surface area contributed by atoms with Crippen LogP contribution in [0.1, 0.15) is 60.2 Å². The highest BCUT2D eigenvalue weighted by Crippen LogP contribution is 2.55. The number of rotatable bonds is 5. The second-order valence-corrected chi connectivity index (χ2v) is 10.1. The molecule has 1 aliphatic rings.